The Hall–Kier alpha value is -2.74. The molecule has 3 rings (SSSR count). The Kier molecular flexibility index (Phi) is 8.39. The van der Waals surface area contributed by atoms with Crippen molar-refractivity contribution in [3.63, 3.8) is 0 Å². The number of benzene rings is 1. The van der Waals surface area contributed by atoms with Crippen LogP contribution in [0.5, 0.6) is 5.75 Å². The fraction of sp³-hybridized carbons (Fsp3) is 0.435. The second-order valence-corrected chi connectivity index (χ2v) is 8.07. The van der Waals surface area contributed by atoms with Gasteiger partial charge < -0.3 is 15.8 Å². The number of nitrogen functional groups attached to an aromatic ring is 1. The van der Waals surface area contributed by atoms with E-state index >= 15 is 0 Å². The molecule has 0 saturated carbocycles. The standard InChI is InChI=1S/C23H27ClF2N4O2/c1-2-32-15-9-17(25)16(18(26)10-15)13-28-21(31)8-6-4-3-5-7-14-12-29-23-19(27)11-20(24)30-22(14)23/h9-12,14H,2-8,13H2,1H3,(H2,27,30)(H,28,31). The quantitative estimate of drug-likeness (QED) is 0.341. The van der Waals surface area contributed by atoms with Crippen LogP contribution in [0.25, 0.3) is 0 Å². The number of nitrogens with zero attached hydrogens (tertiary/aromatic N) is 2. The number of nitrogens with two attached hydrogens (primary N) is 1. The molecular weight excluding hydrogens is 438 g/mol. The molecule has 1 amide bonds. The van der Waals surface area contributed by atoms with E-state index in [4.69, 9.17) is 22.1 Å². The lowest BCUT2D eigenvalue weighted by Gasteiger charge is -2.11. The van der Waals surface area contributed by atoms with Gasteiger partial charge in [-0.2, -0.15) is 0 Å². The number of aromatic nitrogens is 1. The first-order valence-corrected chi connectivity index (χ1v) is 11.1. The smallest absolute Gasteiger partial charge is 0.220 e. The van der Waals surface area contributed by atoms with Gasteiger partial charge in [0.15, 0.2) is 0 Å². The molecule has 2 heterocycles. The van der Waals surface area contributed by atoms with Gasteiger partial charge in [0.05, 0.1) is 18.0 Å². The van der Waals surface area contributed by atoms with Gasteiger partial charge in [-0.15, -0.1) is 0 Å². The van der Waals surface area contributed by atoms with Crippen molar-refractivity contribution >= 4 is 35.1 Å². The highest BCUT2D eigenvalue weighted by Crippen LogP contribution is 2.39. The molecule has 0 bridgehead atoms. The summed E-state index contributed by atoms with van der Waals surface area (Å²) in [6.45, 7) is 1.85. The lowest BCUT2D eigenvalue weighted by molar-refractivity contribution is -0.121. The first-order chi connectivity index (χ1) is 15.4. The van der Waals surface area contributed by atoms with Crippen LogP contribution < -0.4 is 15.8 Å². The molecule has 6 nitrogen and oxygen atoms in total. The molecule has 0 spiro atoms. The number of carbonyl (C=O) groups is 1. The maximum absolute atomic E-state index is 14.0. The predicted octanol–water partition coefficient (Wildman–Crippen LogP) is 5.45. The van der Waals surface area contributed by atoms with Crippen LogP contribution in [0.15, 0.2) is 23.2 Å². The number of nitrogens with one attached hydrogen (secondary N) is 1. The van der Waals surface area contributed by atoms with Crippen molar-refractivity contribution < 1.29 is 18.3 Å². The zero-order valence-corrected chi connectivity index (χ0v) is 18.7. The Morgan fingerprint density at radius 2 is 1.91 bits per heavy atom. The summed E-state index contributed by atoms with van der Waals surface area (Å²) < 4.78 is 33.2. The van der Waals surface area contributed by atoms with Crippen LogP contribution in [0.4, 0.5) is 20.2 Å². The van der Waals surface area contributed by atoms with Gasteiger partial charge >= 0.3 is 0 Å². The number of aliphatic imine (C=N–C) groups is 1. The second-order valence-electron chi connectivity index (χ2n) is 7.68. The number of anilines is 1. The van der Waals surface area contributed by atoms with Crippen molar-refractivity contribution in [3.05, 3.63) is 46.2 Å². The number of pyridine rings is 1. The number of fused-ring (bicyclic) bond motifs is 1. The lowest BCUT2D eigenvalue weighted by atomic mass is 9.98. The molecule has 3 N–H and O–H groups in total. The number of unbranched alkanes of at least 4 members (excludes halogenated alkanes) is 3. The van der Waals surface area contributed by atoms with E-state index in [1.807, 2.05) is 6.21 Å². The summed E-state index contributed by atoms with van der Waals surface area (Å²) in [6.07, 6.45) is 6.53. The third-order valence-corrected chi connectivity index (χ3v) is 5.50. The Labute approximate surface area is 191 Å². The molecule has 0 fully saturated rings. The van der Waals surface area contributed by atoms with E-state index in [1.165, 1.54) is 0 Å². The average molecular weight is 465 g/mol. The number of halogens is 3. The summed E-state index contributed by atoms with van der Waals surface area (Å²) in [5.74, 6) is -1.46. The van der Waals surface area contributed by atoms with E-state index in [0.29, 0.717) is 36.0 Å². The summed E-state index contributed by atoms with van der Waals surface area (Å²) in [5, 5.41) is 2.95. The van der Waals surface area contributed by atoms with Gasteiger partial charge in [-0.3, -0.25) is 9.79 Å². The summed E-state index contributed by atoms with van der Waals surface area (Å²) in [4.78, 5) is 20.7. The molecule has 0 radical (unpaired) electrons. The van der Waals surface area contributed by atoms with Crippen molar-refractivity contribution in [2.75, 3.05) is 12.3 Å². The van der Waals surface area contributed by atoms with E-state index in [9.17, 15) is 13.6 Å². The SMILES string of the molecule is CCOc1cc(F)c(CNC(=O)CCCCCCC2C=Nc3c(N)cc(Cl)nc32)c(F)c1. The Balaban J connectivity index is 1.34. The van der Waals surface area contributed by atoms with Crippen molar-refractivity contribution in [2.45, 2.75) is 57.9 Å². The van der Waals surface area contributed by atoms with Crippen molar-refractivity contribution in [1.82, 2.24) is 10.3 Å². The van der Waals surface area contributed by atoms with E-state index in [1.54, 1.807) is 13.0 Å². The molecule has 32 heavy (non-hydrogen) atoms. The molecule has 9 heteroatoms. The maximum Gasteiger partial charge on any atom is 0.220 e. The van der Waals surface area contributed by atoms with Crippen LogP contribution >= 0.6 is 11.6 Å². The van der Waals surface area contributed by atoms with E-state index in [2.05, 4.69) is 15.3 Å². The first-order valence-electron chi connectivity index (χ1n) is 10.8. The Morgan fingerprint density at radius 1 is 1.19 bits per heavy atom. The minimum atomic E-state index is -0.733. The first kappa shape index (κ1) is 23.9. The molecule has 0 aliphatic carbocycles. The van der Waals surface area contributed by atoms with Gasteiger partial charge in [0.1, 0.15) is 28.2 Å². The van der Waals surface area contributed by atoms with Crippen LogP contribution in [0.1, 0.15) is 62.6 Å². The highest BCUT2D eigenvalue weighted by Gasteiger charge is 2.23. The normalized spacial score (nSPS) is 14.4. The zero-order chi connectivity index (χ0) is 23.1. The summed E-state index contributed by atoms with van der Waals surface area (Å²) in [7, 11) is 0. The van der Waals surface area contributed by atoms with Gasteiger partial charge in [-0.05, 0) is 19.8 Å². The van der Waals surface area contributed by atoms with E-state index < -0.39 is 11.6 Å². The largest absolute Gasteiger partial charge is 0.494 e. The maximum atomic E-state index is 14.0. The number of ether oxygens (including phenoxy) is 1. The number of hydrogen-bond donors (Lipinski definition) is 2. The van der Waals surface area contributed by atoms with Crippen LogP contribution in [0, 0.1) is 11.6 Å². The third-order valence-electron chi connectivity index (χ3n) is 5.31. The van der Waals surface area contributed by atoms with Gasteiger partial charge in [0.25, 0.3) is 0 Å². The summed E-state index contributed by atoms with van der Waals surface area (Å²) >= 11 is 6.00. The summed E-state index contributed by atoms with van der Waals surface area (Å²) in [6, 6.07) is 3.85. The molecule has 1 aliphatic rings. The molecular formula is C23H27ClF2N4O2. The number of rotatable bonds is 11. The monoisotopic (exact) mass is 464 g/mol. The van der Waals surface area contributed by atoms with Gasteiger partial charge in [0.2, 0.25) is 5.91 Å². The molecule has 1 atom stereocenters. The molecule has 172 valence electrons. The van der Waals surface area contributed by atoms with Gasteiger partial charge in [-0.25, -0.2) is 13.8 Å². The molecule has 0 saturated heterocycles. The molecule has 1 aliphatic heterocycles. The van der Waals surface area contributed by atoms with Crippen LogP contribution in [-0.2, 0) is 11.3 Å². The third kappa shape index (κ3) is 6.16. The Morgan fingerprint density at radius 3 is 2.62 bits per heavy atom. The minimum Gasteiger partial charge on any atom is -0.494 e. The van der Waals surface area contributed by atoms with Crippen LogP contribution in [-0.4, -0.2) is 23.7 Å². The molecule has 1 aromatic carbocycles. The average Bonchev–Trinajstić information content (AvgIpc) is 3.13. The molecule has 2 aromatic rings. The van der Waals surface area contributed by atoms with Crippen molar-refractivity contribution in [1.29, 1.82) is 0 Å². The van der Waals surface area contributed by atoms with Gasteiger partial charge in [0, 0.05) is 48.9 Å². The van der Waals surface area contributed by atoms with Crippen molar-refractivity contribution in [2.24, 2.45) is 4.99 Å². The topological polar surface area (TPSA) is 89.6 Å². The van der Waals surface area contributed by atoms with Gasteiger partial charge in [-0.1, -0.05) is 30.9 Å². The minimum absolute atomic E-state index is 0.105. The summed E-state index contributed by atoms with van der Waals surface area (Å²) in [5.41, 5.74) is 7.82. The number of carbonyl (C=O) groups excluding carboxylic acids is 1. The molecule has 1 aromatic heterocycles. The zero-order valence-electron chi connectivity index (χ0n) is 18.0. The second kappa shape index (κ2) is 11.2. The highest BCUT2D eigenvalue weighted by molar-refractivity contribution is 6.29. The lowest BCUT2D eigenvalue weighted by Crippen LogP contribution is -2.23. The number of amides is 1. The van der Waals surface area contributed by atoms with E-state index in [0.717, 1.165) is 43.5 Å². The van der Waals surface area contributed by atoms with Crippen LogP contribution in [0.2, 0.25) is 5.15 Å². The predicted molar refractivity (Wildman–Crippen MR) is 122 cm³/mol. The van der Waals surface area contributed by atoms with Crippen molar-refractivity contribution in [3.8, 4) is 5.75 Å². The molecule has 1 unspecified atom stereocenters. The fourth-order valence-electron chi connectivity index (χ4n) is 3.67. The van der Waals surface area contributed by atoms with E-state index in [-0.39, 0.29) is 29.7 Å². The fourth-order valence-corrected chi connectivity index (χ4v) is 3.88. The highest BCUT2D eigenvalue weighted by atomic mass is 35.5. The Bertz CT molecular complexity index is 977. The number of hydrogen-bond acceptors (Lipinski definition) is 5. The van der Waals surface area contributed by atoms with Crippen LogP contribution in [0.3, 0.4) is 0 Å².